The lowest BCUT2D eigenvalue weighted by molar-refractivity contribution is 0.0606. The van der Waals surface area contributed by atoms with Crippen LogP contribution in [-0.2, 0) is 4.74 Å². The number of thiophene rings is 1. The van der Waals surface area contributed by atoms with Crippen molar-refractivity contribution in [3.05, 3.63) is 28.9 Å². The number of esters is 1. The zero-order valence-corrected chi connectivity index (χ0v) is 8.73. The number of nitrogen functional groups attached to an aromatic ring is 1. The van der Waals surface area contributed by atoms with Crippen molar-refractivity contribution in [3.8, 4) is 0 Å². The van der Waals surface area contributed by atoms with Crippen LogP contribution in [0.4, 0.5) is 10.1 Å². The fourth-order valence-electron chi connectivity index (χ4n) is 1.28. The summed E-state index contributed by atoms with van der Waals surface area (Å²) in [7, 11) is 1.31. The lowest BCUT2D eigenvalue weighted by Gasteiger charge is -1.94. The maximum atomic E-state index is 13.1. The molecule has 0 spiro atoms. The van der Waals surface area contributed by atoms with Gasteiger partial charge in [-0.25, -0.2) is 9.18 Å². The van der Waals surface area contributed by atoms with Crippen molar-refractivity contribution in [1.29, 1.82) is 0 Å². The van der Waals surface area contributed by atoms with Crippen LogP contribution in [0.2, 0.25) is 0 Å². The van der Waals surface area contributed by atoms with E-state index in [2.05, 4.69) is 4.74 Å². The molecule has 1 heterocycles. The minimum absolute atomic E-state index is 0.0803. The zero-order chi connectivity index (χ0) is 11.0. The third kappa shape index (κ3) is 1.66. The number of carbonyl (C=O) groups excluding carboxylic acids is 1. The Morgan fingerprint density at radius 2 is 2.20 bits per heavy atom. The fourth-order valence-corrected chi connectivity index (χ4v) is 2.27. The molecule has 2 aromatic rings. The number of fused-ring (bicyclic) bond motifs is 1. The first-order valence-corrected chi connectivity index (χ1v) is 5.00. The molecule has 0 radical (unpaired) electrons. The fraction of sp³-hybridized carbons (Fsp3) is 0.100. The van der Waals surface area contributed by atoms with Crippen molar-refractivity contribution in [3.63, 3.8) is 0 Å². The predicted octanol–water partition coefficient (Wildman–Crippen LogP) is 2.41. The number of benzene rings is 1. The van der Waals surface area contributed by atoms with Gasteiger partial charge < -0.3 is 10.5 Å². The molecule has 15 heavy (non-hydrogen) atoms. The van der Waals surface area contributed by atoms with E-state index in [0.717, 1.165) is 5.39 Å². The number of nitrogens with two attached hydrogens (primary N) is 1. The van der Waals surface area contributed by atoms with Gasteiger partial charge in [-0.05, 0) is 23.6 Å². The lowest BCUT2D eigenvalue weighted by Crippen LogP contribution is -1.96. The van der Waals surface area contributed by atoms with Crippen molar-refractivity contribution >= 4 is 33.1 Å². The molecule has 5 heteroatoms. The summed E-state index contributed by atoms with van der Waals surface area (Å²) in [6.45, 7) is 0. The average Bonchev–Trinajstić information content (AvgIpc) is 2.60. The molecule has 1 aromatic carbocycles. The molecule has 2 N–H and O–H groups in total. The first kappa shape index (κ1) is 9.92. The largest absolute Gasteiger partial charge is 0.465 e. The van der Waals surface area contributed by atoms with E-state index in [9.17, 15) is 9.18 Å². The van der Waals surface area contributed by atoms with Crippen molar-refractivity contribution in [1.82, 2.24) is 0 Å². The van der Waals surface area contributed by atoms with Crippen LogP contribution in [0.5, 0.6) is 0 Å². The van der Waals surface area contributed by atoms with Crippen LogP contribution in [0, 0.1) is 5.82 Å². The van der Waals surface area contributed by atoms with Gasteiger partial charge in [-0.1, -0.05) is 0 Å². The van der Waals surface area contributed by atoms with E-state index in [-0.39, 0.29) is 5.69 Å². The maximum absolute atomic E-state index is 13.1. The van der Waals surface area contributed by atoms with Crippen LogP contribution in [0.25, 0.3) is 10.1 Å². The zero-order valence-electron chi connectivity index (χ0n) is 7.91. The van der Waals surface area contributed by atoms with Crippen LogP contribution in [0.3, 0.4) is 0 Å². The molecule has 2 rings (SSSR count). The number of ether oxygens (including phenoxy) is 1. The Morgan fingerprint density at radius 3 is 2.87 bits per heavy atom. The van der Waals surface area contributed by atoms with Crippen LogP contribution in [-0.4, -0.2) is 13.1 Å². The molecule has 0 aliphatic carbocycles. The van der Waals surface area contributed by atoms with Crippen LogP contribution in [0.15, 0.2) is 18.2 Å². The molecule has 78 valence electrons. The van der Waals surface area contributed by atoms with Gasteiger partial charge in [0.2, 0.25) is 0 Å². The third-order valence-corrected chi connectivity index (χ3v) is 3.10. The summed E-state index contributed by atoms with van der Waals surface area (Å²) in [5.41, 5.74) is 5.50. The Morgan fingerprint density at radius 1 is 1.47 bits per heavy atom. The summed E-state index contributed by atoms with van der Waals surface area (Å²) in [5.74, 6) is -0.893. The van der Waals surface area contributed by atoms with Crippen LogP contribution < -0.4 is 5.73 Å². The molecule has 3 nitrogen and oxygen atoms in total. The highest BCUT2D eigenvalue weighted by Gasteiger charge is 2.11. The van der Waals surface area contributed by atoms with E-state index in [1.165, 1.54) is 30.6 Å². The highest BCUT2D eigenvalue weighted by molar-refractivity contribution is 7.20. The van der Waals surface area contributed by atoms with Gasteiger partial charge in [0, 0.05) is 4.70 Å². The van der Waals surface area contributed by atoms with Gasteiger partial charge in [-0.2, -0.15) is 0 Å². The Hall–Kier alpha value is -1.62. The van der Waals surface area contributed by atoms with Gasteiger partial charge >= 0.3 is 5.97 Å². The number of hydrogen-bond acceptors (Lipinski definition) is 4. The second-order valence-corrected chi connectivity index (χ2v) is 4.10. The van der Waals surface area contributed by atoms with Gasteiger partial charge in [-0.3, -0.25) is 0 Å². The Kier molecular flexibility index (Phi) is 2.32. The van der Waals surface area contributed by atoms with Crippen LogP contribution >= 0.6 is 11.3 Å². The summed E-state index contributed by atoms with van der Waals surface area (Å²) in [6.07, 6.45) is 0. The van der Waals surface area contributed by atoms with Crippen molar-refractivity contribution in [2.24, 2.45) is 0 Å². The van der Waals surface area contributed by atoms with E-state index in [1.54, 1.807) is 6.07 Å². The van der Waals surface area contributed by atoms with Gasteiger partial charge in [0.05, 0.1) is 12.8 Å². The minimum Gasteiger partial charge on any atom is -0.465 e. The molecule has 0 saturated heterocycles. The van der Waals surface area contributed by atoms with Crippen molar-refractivity contribution in [2.75, 3.05) is 12.8 Å². The molecular weight excluding hydrogens is 217 g/mol. The molecular formula is C10H8FNO2S. The quantitative estimate of drug-likeness (QED) is 0.599. The summed E-state index contributed by atoms with van der Waals surface area (Å²) >= 11 is 1.18. The summed E-state index contributed by atoms with van der Waals surface area (Å²) in [5, 5.41) is 0.749. The topological polar surface area (TPSA) is 52.3 Å². The Bertz CT molecular complexity index is 496. The van der Waals surface area contributed by atoms with Crippen molar-refractivity contribution < 1.29 is 13.9 Å². The van der Waals surface area contributed by atoms with E-state index in [4.69, 9.17) is 5.73 Å². The van der Waals surface area contributed by atoms with Gasteiger partial charge in [-0.15, -0.1) is 11.3 Å². The Labute approximate surface area is 89.3 Å². The number of methoxy groups -OCH3 is 1. The number of anilines is 1. The lowest BCUT2D eigenvalue weighted by atomic mass is 10.2. The molecule has 1 aromatic heterocycles. The standard InChI is InChI=1S/C10H8FNO2S/c1-14-10(13)9-3-5-2-7(12)6(11)4-8(5)15-9/h2-4H,12H2,1H3. The second-order valence-electron chi connectivity index (χ2n) is 3.01. The normalized spacial score (nSPS) is 10.5. The molecule has 0 aliphatic rings. The predicted molar refractivity (Wildman–Crippen MR) is 57.5 cm³/mol. The molecule has 0 fully saturated rings. The Balaban J connectivity index is 2.61. The third-order valence-electron chi connectivity index (χ3n) is 2.02. The SMILES string of the molecule is COC(=O)c1cc2cc(N)c(F)cc2s1. The molecule has 0 unspecified atom stereocenters. The monoisotopic (exact) mass is 225 g/mol. The number of carbonyl (C=O) groups is 1. The molecule has 0 atom stereocenters. The van der Waals surface area contributed by atoms with E-state index >= 15 is 0 Å². The first-order valence-electron chi connectivity index (χ1n) is 4.18. The number of rotatable bonds is 1. The maximum Gasteiger partial charge on any atom is 0.348 e. The molecule has 0 saturated carbocycles. The smallest absolute Gasteiger partial charge is 0.348 e. The molecule has 0 bridgehead atoms. The molecule has 0 amide bonds. The average molecular weight is 225 g/mol. The summed E-state index contributed by atoms with van der Waals surface area (Å²) in [6, 6.07) is 4.47. The molecule has 0 aliphatic heterocycles. The van der Waals surface area contributed by atoms with Gasteiger partial charge in [0.15, 0.2) is 0 Å². The van der Waals surface area contributed by atoms with Gasteiger partial charge in [0.25, 0.3) is 0 Å². The van der Waals surface area contributed by atoms with Crippen LogP contribution in [0.1, 0.15) is 9.67 Å². The van der Waals surface area contributed by atoms with Gasteiger partial charge in [0.1, 0.15) is 10.7 Å². The minimum atomic E-state index is -0.472. The summed E-state index contributed by atoms with van der Waals surface area (Å²) in [4.78, 5) is 11.7. The van der Waals surface area contributed by atoms with Crippen molar-refractivity contribution in [2.45, 2.75) is 0 Å². The first-order chi connectivity index (χ1) is 7.11. The highest BCUT2D eigenvalue weighted by atomic mass is 32.1. The van der Waals surface area contributed by atoms with E-state index in [0.29, 0.717) is 9.58 Å². The highest BCUT2D eigenvalue weighted by Crippen LogP contribution is 2.29. The van der Waals surface area contributed by atoms with E-state index in [1.807, 2.05) is 0 Å². The second kappa shape index (κ2) is 3.51. The number of halogens is 1. The van der Waals surface area contributed by atoms with E-state index < -0.39 is 11.8 Å². The number of hydrogen-bond donors (Lipinski definition) is 1. The summed E-state index contributed by atoms with van der Waals surface area (Å²) < 4.78 is 18.4.